The van der Waals surface area contributed by atoms with E-state index in [1.54, 1.807) is 6.21 Å². The normalized spacial score (nSPS) is 12.3. The summed E-state index contributed by atoms with van der Waals surface area (Å²) in [6, 6.07) is 5.77. The fourth-order valence-corrected chi connectivity index (χ4v) is 1.11. The number of halogens is 1. The number of rotatable bonds is 1. The van der Waals surface area contributed by atoms with E-state index in [1.807, 2.05) is 18.2 Å². The first kappa shape index (κ1) is 10.4. The van der Waals surface area contributed by atoms with Crippen molar-refractivity contribution < 1.29 is 0 Å². The molecule has 1 aromatic heterocycles. The van der Waals surface area contributed by atoms with Gasteiger partial charge in [-0.25, -0.2) is 4.98 Å². The summed E-state index contributed by atoms with van der Waals surface area (Å²) in [5, 5.41) is 0. The monoisotopic (exact) mass is 240 g/mol. The van der Waals surface area contributed by atoms with E-state index in [2.05, 4.69) is 46.7 Å². The molecule has 0 saturated heterocycles. The van der Waals surface area contributed by atoms with Crippen molar-refractivity contribution in [3.8, 4) is 0 Å². The molecule has 2 nitrogen and oxygen atoms in total. The molecule has 0 amide bonds. The summed E-state index contributed by atoms with van der Waals surface area (Å²) in [5.74, 6) is 0. The molecule has 0 saturated carbocycles. The Morgan fingerprint density at radius 3 is 2.62 bits per heavy atom. The van der Waals surface area contributed by atoms with Crippen molar-refractivity contribution >= 4 is 22.1 Å². The molecule has 3 heteroatoms. The van der Waals surface area contributed by atoms with E-state index in [0.717, 1.165) is 10.3 Å². The molecule has 0 unspecified atom stereocenters. The van der Waals surface area contributed by atoms with Crippen LogP contribution in [0.4, 0.5) is 0 Å². The fraction of sp³-hybridized carbons (Fsp3) is 0.400. The Bertz CT molecular complexity index is 313. The van der Waals surface area contributed by atoms with E-state index in [9.17, 15) is 0 Å². The second kappa shape index (κ2) is 4.01. The van der Waals surface area contributed by atoms with E-state index < -0.39 is 0 Å². The molecule has 1 aromatic rings. The zero-order valence-corrected chi connectivity index (χ0v) is 9.67. The Morgan fingerprint density at radius 1 is 1.38 bits per heavy atom. The third kappa shape index (κ3) is 4.18. The van der Waals surface area contributed by atoms with Gasteiger partial charge in [0, 0.05) is 6.21 Å². The van der Waals surface area contributed by atoms with Crippen molar-refractivity contribution in [3.05, 3.63) is 28.5 Å². The predicted octanol–water partition coefficient (Wildman–Crippen LogP) is 3.06. The Kier molecular flexibility index (Phi) is 3.20. The molecule has 70 valence electrons. The first-order valence-corrected chi connectivity index (χ1v) is 4.94. The molecule has 0 radical (unpaired) electrons. The SMILES string of the molecule is CC(C)(C)N=Cc1cccc(Br)n1. The number of pyridine rings is 1. The van der Waals surface area contributed by atoms with Crippen LogP contribution in [0.15, 0.2) is 27.8 Å². The highest BCUT2D eigenvalue weighted by Gasteiger charge is 2.04. The Hall–Kier alpha value is -0.700. The molecule has 0 fully saturated rings. The van der Waals surface area contributed by atoms with Gasteiger partial charge in [0.25, 0.3) is 0 Å². The summed E-state index contributed by atoms with van der Waals surface area (Å²) in [6.07, 6.45) is 1.80. The minimum absolute atomic E-state index is 0.0377. The highest BCUT2D eigenvalue weighted by Crippen LogP contribution is 2.08. The van der Waals surface area contributed by atoms with Gasteiger partial charge in [0.2, 0.25) is 0 Å². The van der Waals surface area contributed by atoms with E-state index >= 15 is 0 Å². The quantitative estimate of drug-likeness (QED) is 0.548. The largest absolute Gasteiger partial charge is 0.285 e. The Balaban J connectivity index is 2.80. The number of hydrogen-bond acceptors (Lipinski definition) is 2. The smallest absolute Gasteiger partial charge is 0.106 e. The number of nitrogens with zero attached hydrogens (tertiary/aromatic N) is 2. The van der Waals surface area contributed by atoms with E-state index in [-0.39, 0.29) is 5.54 Å². The number of hydrogen-bond donors (Lipinski definition) is 0. The molecule has 0 bridgehead atoms. The van der Waals surface area contributed by atoms with Crippen LogP contribution in [0.1, 0.15) is 26.5 Å². The van der Waals surface area contributed by atoms with Gasteiger partial charge < -0.3 is 0 Å². The van der Waals surface area contributed by atoms with Gasteiger partial charge in [-0.3, -0.25) is 4.99 Å². The molecular formula is C10H13BrN2. The van der Waals surface area contributed by atoms with Gasteiger partial charge in [-0.05, 0) is 48.8 Å². The molecule has 0 aromatic carbocycles. The van der Waals surface area contributed by atoms with E-state index in [0.29, 0.717) is 0 Å². The lowest BCUT2D eigenvalue weighted by Gasteiger charge is -2.10. The van der Waals surface area contributed by atoms with Crippen molar-refractivity contribution in [1.82, 2.24) is 4.98 Å². The van der Waals surface area contributed by atoms with Crippen LogP contribution in [0.3, 0.4) is 0 Å². The molecule has 0 aliphatic heterocycles. The molecule has 0 aliphatic rings. The van der Waals surface area contributed by atoms with Crippen LogP contribution >= 0.6 is 15.9 Å². The van der Waals surface area contributed by atoms with Crippen molar-refractivity contribution in [1.29, 1.82) is 0 Å². The average Bonchev–Trinajstić information content (AvgIpc) is 2.00. The van der Waals surface area contributed by atoms with Crippen LogP contribution in [0, 0.1) is 0 Å². The summed E-state index contributed by atoms with van der Waals surface area (Å²) in [6.45, 7) is 6.17. The minimum Gasteiger partial charge on any atom is -0.285 e. The first-order valence-electron chi connectivity index (χ1n) is 4.15. The summed E-state index contributed by atoms with van der Waals surface area (Å²) < 4.78 is 0.838. The molecular weight excluding hydrogens is 228 g/mol. The third-order valence-corrected chi connectivity index (χ3v) is 1.76. The standard InChI is InChI=1S/C10H13BrN2/c1-10(2,3)12-7-8-5-4-6-9(11)13-8/h4-7H,1-3H3. The van der Waals surface area contributed by atoms with Crippen molar-refractivity contribution in [2.75, 3.05) is 0 Å². The maximum atomic E-state index is 4.36. The molecule has 0 aliphatic carbocycles. The Labute approximate surface area is 87.2 Å². The maximum absolute atomic E-state index is 4.36. The predicted molar refractivity (Wildman–Crippen MR) is 59.3 cm³/mol. The zero-order valence-electron chi connectivity index (χ0n) is 8.08. The highest BCUT2D eigenvalue weighted by atomic mass is 79.9. The molecule has 13 heavy (non-hydrogen) atoms. The van der Waals surface area contributed by atoms with Crippen LogP contribution in [-0.4, -0.2) is 16.7 Å². The third-order valence-electron chi connectivity index (χ3n) is 1.32. The van der Waals surface area contributed by atoms with Crippen molar-refractivity contribution in [3.63, 3.8) is 0 Å². The number of aliphatic imine (C=N–C) groups is 1. The summed E-state index contributed by atoms with van der Waals surface area (Å²) in [5.41, 5.74) is 0.841. The topological polar surface area (TPSA) is 25.2 Å². The maximum Gasteiger partial charge on any atom is 0.106 e. The van der Waals surface area contributed by atoms with E-state index in [4.69, 9.17) is 0 Å². The molecule has 1 rings (SSSR count). The van der Waals surface area contributed by atoms with Gasteiger partial charge in [-0.1, -0.05) is 6.07 Å². The second-order valence-electron chi connectivity index (χ2n) is 3.81. The zero-order chi connectivity index (χ0) is 9.90. The Morgan fingerprint density at radius 2 is 2.08 bits per heavy atom. The minimum atomic E-state index is -0.0377. The van der Waals surface area contributed by atoms with Crippen molar-refractivity contribution in [2.45, 2.75) is 26.3 Å². The molecule has 0 N–H and O–H groups in total. The highest BCUT2D eigenvalue weighted by molar-refractivity contribution is 9.10. The summed E-state index contributed by atoms with van der Waals surface area (Å²) in [4.78, 5) is 8.60. The van der Waals surface area contributed by atoms with Crippen LogP contribution in [0.5, 0.6) is 0 Å². The van der Waals surface area contributed by atoms with Crippen molar-refractivity contribution in [2.24, 2.45) is 4.99 Å². The van der Waals surface area contributed by atoms with Gasteiger partial charge in [-0.2, -0.15) is 0 Å². The van der Waals surface area contributed by atoms with Crippen LogP contribution in [-0.2, 0) is 0 Å². The lowest BCUT2D eigenvalue weighted by molar-refractivity contribution is 0.586. The summed E-state index contributed by atoms with van der Waals surface area (Å²) in [7, 11) is 0. The number of aromatic nitrogens is 1. The van der Waals surface area contributed by atoms with E-state index in [1.165, 1.54) is 0 Å². The average molecular weight is 241 g/mol. The lowest BCUT2D eigenvalue weighted by Crippen LogP contribution is -2.09. The van der Waals surface area contributed by atoms with Gasteiger partial charge in [0.15, 0.2) is 0 Å². The van der Waals surface area contributed by atoms with Gasteiger partial charge in [0.05, 0.1) is 11.2 Å². The second-order valence-corrected chi connectivity index (χ2v) is 4.63. The van der Waals surface area contributed by atoms with Crippen LogP contribution in [0.2, 0.25) is 0 Å². The fourth-order valence-electron chi connectivity index (χ4n) is 0.756. The lowest BCUT2D eigenvalue weighted by atomic mass is 10.1. The molecule has 0 spiro atoms. The van der Waals surface area contributed by atoms with Crippen LogP contribution < -0.4 is 0 Å². The first-order chi connectivity index (χ1) is 5.97. The molecule has 1 heterocycles. The van der Waals surface area contributed by atoms with Gasteiger partial charge in [-0.15, -0.1) is 0 Å². The van der Waals surface area contributed by atoms with Gasteiger partial charge >= 0.3 is 0 Å². The van der Waals surface area contributed by atoms with Crippen LogP contribution in [0.25, 0.3) is 0 Å². The summed E-state index contributed by atoms with van der Waals surface area (Å²) >= 11 is 3.31. The van der Waals surface area contributed by atoms with Gasteiger partial charge in [0.1, 0.15) is 4.60 Å². The molecule has 0 atom stereocenters.